The van der Waals surface area contributed by atoms with E-state index < -0.39 is 5.97 Å². The van der Waals surface area contributed by atoms with Gasteiger partial charge in [0, 0.05) is 13.0 Å². The van der Waals surface area contributed by atoms with Gasteiger partial charge in [-0.05, 0) is 36.4 Å². The monoisotopic (exact) mass is 225 g/mol. The molecule has 2 rings (SSSR count). The maximum Gasteiger partial charge on any atom is 0.325 e. The molecule has 88 valence electrons. The Bertz CT molecular complexity index is 359. The summed E-state index contributed by atoms with van der Waals surface area (Å²) in [7, 11) is 0. The number of tetrazole rings is 1. The number of aliphatic carboxylic acids is 1. The molecule has 0 amide bonds. The van der Waals surface area contributed by atoms with Crippen molar-refractivity contribution in [1.82, 2.24) is 25.1 Å². The molecule has 16 heavy (non-hydrogen) atoms. The third-order valence-corrected chi connectivity index (χ3v) is 2.74. The topological polar surface area (TPSA) is 84.1 Å². The molecule has 1 aliphatic heterocycles. The first-order valence-electron chi connectivity index (χ1n) is 5.45. The summed E-state index contributed by atoms with van der Waals surface area (Å²) in [5.74, 6) is -0.274. The van der Waals surface area contributed by atoms with Crippen molar-refractivity contribution < 1.29 is 9.90 Å². The molecule has 1 aromatic heterocycles. The molecule has 0 atom stereocenters. The number of carboxylic acid groups (broad SMARTS) is 1. The fraction of sp³-hybridized carbons (Fsp3) is 0.778. The van der Waals surface area contributed by atoms with Crippen LogP contribution in [-0.4, -0.2) is 55.8 Å². The number of likely N-dealkylation sites (tertiary alicyclic amines) is 1. The number of hydrogen-bond donors (Lipinski definition) is 1. The van der Waals surface area contributed by atoms with E-state index in [2.05, 4.69) is 20.4 Å². The van der Waals surface area contributed by atoms with Crippen LogP contribution >= 0.6 is 0 Å². The van der Waals surface area contributed by atoms with Crippen molar-refractivity contribution in [3.63, 3.8) is 0 Å². The van der Waals surface area contributed by atoms with E-state index in [0.717, 1.165) is 19.6 Å². The molecule has 0 unspecified atom stereocenters. The molecule has 0 radical (unpaired) electrons. The molecule has 1 fully saturated rings. The smallest absolute Gasteiger partial charge is 0.325 e. The normalized spacial score (nSPS) is 16.8. The zero-order valence-electron chi connectivity index (χ0n) is 9.04. The third-order valence-electron chi connectivity index (χ3n) is 2.74. The average molecular weight is 225 g/mol. The highest BCUT2D eigenvalue weighted by atomic mass is 16.4. The van der Waals surface area contributed by atoms with E-state index in [4.69, 9.17) is 5.11 Å². The van der Waals surface area contributed by atoms with Crippen molar-refractivity contribution in [2.24, 2.45) is 0 Å². The van der Waals surface area contributed by atoms with Crippen molar-refractivity contribution in [2.45, 2.75) is 25.8 Å². The summed E-state index contributed by atoms with van der Waals surface area (Å²) in [5, 5.41) is 19.7. The molecular weight excluding hydrogens is 210 g/mol. The molecule has 7 heteroatoms. The first-order chi connectivity index (χ1) is 7.75. The molecule has 1 aromatic rings. The summed E-state index contributed by atoms with van der Waals surface area (Å²) in [4.78, 5) is 12.9. The molecule has 2 heterocycles. The van der Waals surface area contributed by atoms with Crippen molar-refractivity contribution in [3.05, 3.63) is 5.82 Å². The van der Waals surface area contributed by atoms with Crippen LogP contribution in [0.2, 0.25) is 0 Å². The van der Waals surface area contributed by atoms with E-state index in [1.807, 2.05) is 0 Å². The second kappa shape index (κ2) is 5.02. The predicted molar refractivity (Wildman–Crippen MR) is 54.8 cm³/mol. The van der Waals surface area contributed by atoms with Crippen LogP contribution in [0.1, 0.15) is 18.7 Å². The highest BCUT2D eigenvalue weighted by Crippen LogP contribution is 2.07. The van der Waals surface area contributed by atoms with Crippen molar-refractivity contribution in [2.75, 3.05) is 19.6 Å². The van der Waals surface area contributed by atoms with E-state index in [1.165, 1.54) is 17.5 Å². The minimum atomic E-state index is -0.922. The summed E-state index contributed by atoms with van der Waals surface area (Å²) in [6.07, 6.45) is 3.21. The Morgan fingerprint density at radius 2 is 2.12 bits per heavy atom. The second-order valence-corrected chi connectivity index (χ2v) is 3.95. The molecule has 0 aromatic carbocycles. The Labute approximate surface area is 93.0 Å². The fourth-order valence-corrected chi connectivity index (χ4v) is 1.92. The van der Waals surface area contributed by atoms with Crippen molar-refractivity contribution in [3.8, 4) is 0 Å². The number of carboxylic acids is 1. The predicted octanol–water partition coefficient (Wildman–Crippen LogP) is -0.604. The quantitative estimate of drug-likeness (QED) is 0.720. The first-order valence-corrected chi connectivity index (χ1v) is 5.45. The van der Waals surface area contributed by atoms with Crippen LogP contribution in [0, 0.1) is 0 Å². The lowest BCUT2D eigenvalue weighted by Crippen LogP contribution is -2.24. The van der Waals surface area contributed by atoms with Gasteiger partial charge in [-0.1, -0.05) is 0 Å². The summed E-state index contributed by atoms with van der Waals surface area (Å²) >= 11 is 0. The van der Waals surface area contributed by atoms with Gasteiger partial charge in [-0.15, -0.1) is 5.10 Å². The van der Waals surface area contributed by atoms with Gasteiger partial charge in [-0.2, -0.15) is 0 Å². The first kappa shape index (κ1) is 11.0. The van der Waals surface area contributed by atoms with Crippen LogP contribution in [-0.2, 0) is 17.8 Å². The highest BCUT2D eigenvalue weighted by Gasteiger charge is 2.14. The Morgan fingerprint density at radius 3 is 2.81 bits per heavy atom. The Balaban J connectivity index is 1.88. The minimum absolute atomic E-state index is 0.164. The van der Waals surface area contributed by atoms with Crippen LogP contribution in [0.4, 0.5) is 0 Å². The molecule has 0 saturated carbocycles. The van der Waals surface area contributed by atoms with Gasteiger partial charge in [0.2, 0.25) is 0 Å². The zero-order chi connectivity index (χ0) is 11.4. The van der Waals surface area contributed by atoms with Gasteiger partial charge < -0.3 is 10.0 Å². The summed E-state index contributed by atoms with van der Waals surface area (Å²) in [6, 6.07) is 0. The van der Waals surface area contributed by atoms with E-state index in [9.17, 15) is 4.79 Å². The molecule has 0 spiro atoms. The number of nitrogens with zero attached hydrogens (tertiary/aromatic N) is 5. The van der Waals surface area contributed by atoms with Crippen LogP contribution < -0.4 is 0 Å². The lowest BCUT2D eigenvalue weighted by Gasteiger charge is -2.13. The number of hydrogen-bond acceptors (Lipinski definition) is 5. The molecule has 1 aliphatic rings. The molecule has 1 saturated heterocycles. The molecular formula is C9H15N5O2. The Hall–Kier alpha value is -1.50. The Kier molecular flexibility index (Phi) is 3.45. The van der Waals surface area contributed by atoms with Gasteiger partial charge in [0.15, 0.2) is 5.82 Å². The molecule has 0 aliphatic carbocycles. The van der Waals surface area contributed by atoms with E-state index in [0.29, 0.717) is 12.2 Å². The van der Waals surface area contributed by atoms with Crippen molar-refractivity contribution >= 4 is 5.97 Å². The highest BCUT2D eigenvalue weighted by molar-refractivity contribution is 5.66. The Morgan fingerprint density at radius 1 is 1.38 bits per heavy atom. The average Bonchev–Trinajstić information content (AvgIpc) is 2.84. The molecule has 7 nitrogen and oxygen atoms in total. The van der Waals surface area contributed by atoms with Crippen LogP contribution in [0.15, 0.2) is 0 Å². The van der Waals surface area contributed by atoms with E-state index >= 15 is 0 Å². The zero-order valence-corrected chi connectivity index (χ0v) is 9.04. The van der Waals surface area contributed by atoms with Crippen LogP contribution in [0.5, 0.6) is 0 Å². The van der Waals surface area contributed by atoms with Crippen LogP contribution in [0.3, 0.4) is 0 Å². The lowest BCUT2D eigenvalue weighted by molar-refractivity contribution is -0.138. The second-order valence-electron chi connectivity index (χ2n) is 3.95. The van der Waals surface area contributed by atoms with Gasteiger partial charge in [-0.3, -0.25) is 4.79 Å². The largest absolute Gasteiger partial charge is 0.480 e. The van der Waals surface area contributed by atoms with Gasteiger partial charge in [-0.25, -0.2) is 4.68 Å². The maximum atomic E-state index is 10.6. The number of carbonyl (C=O) groups is 1. The van der Waals surface area contributed by atoms with Gasteiger partial charge in [0.1, 0.15) is 6.54 Å². The SMILES string of the molecule is O=C(O)Cn1nnnc1CCN1CCCC1. The van der Waals surface area contributed by atoms with Gasteiger partial charge in [0.05, 0.1) is 0 Å². The molecule has 0 bridgehead atoms. The summed E-state index contributed by atoms with van der Waals surface area (Å²) in [6.45, 7) is 2.99. The summed E-state index contributed by atoms with van der Waals surface area (Å²) in [5.41, 5.74) is 0. The van der Waals surface area contributed by atoms with Gasteiger partial charge >= 0.3 is 5.97 Å². The lowest BCUT2D eigenvalue weighted by atomic mass is 10.3. The third kappa shape index (κ3) is 2.75. The summed E-state index contributed by atoms with van der Waals surface area (Å²) < 4.78 is 1.35. The van der Waals surface area contributed by atoms with Gasteiger partial charge in [0.25, 0.3) is 0 Å². The number of aromatic nitrogens is 4. The molecule has 1 N–H and O–H groups in total. The standard InChI is InChI=1S/C9H15N5O2/c15-9(16)7-14-8(10-11-12-14)3-6-13-4-1-2-5-13/h1-7H2,(H,15,16). The van der Waals surface area contributed by atoms with E-state index in [1.54, 1.807) is 0 Å². The van der Waals surface area contributed by atoms with Crippen LogP contribution in [0.25, 0.3) is 0 Å². The fourth-order valence-electron chi connectivity index (χ4n) is 1.92. The maximum absolute atomic E-state index is 10.6. The number of rotatable bonds is 5. The van der Waals surface area contributed by atoms with Crippen molar-refractivity contribution in [1.29, 1.82) is 0 Å². The van der Waals surface area contributed by atoms with E-state index in [-0.39, 0.29) is 6.54 Å². The minimum Gasteiger partial charge on any atom is -0.480 e.